The molecule has 0 N–H and O–H groups in total. The lowest BCUT2D eigenvalue weighted by Crippen LogP contribution is -1.87. The molecule has 0 amide bonds. The lowest BCUT2D eigenvalue weighted by atomic mass is 10.3. The van der Waals surface area contributed by atoms with Crippen LogP contribution in [0.25, 0.3) is 10.4 Å². The van der Waals surface area contributed by atoms with Crippen molar-refractivity contribution in [2.75, 3.05) is 0 Å². The molecule has 13 heavy (non-hydrogen) atoms. The lowest BCUT2D eigenvalue weighted by Gasteiger charge is -1.95. The van der Waals surface area contributed by atoms with Gasteiger partial charge in [-0.1, -0.05) is 5.11 Å². The van der Waals surface area contributed by atoms with E-state index in [0.29, 0.717) is 3.57 Å². The number of nitro benzene ring substituents is 1. The fraction of sp³-hybridized carbons (Fsp3) is 0. The van der Waals surface area contributed by atoms with Gasteiger partial charge < -0.3 is 0 Å². The summed E-state index contributed by atoms with van der Waals surface area (Å²) in [7, 11) is 0. The Balaban J connectivity index is 3.26. The molecular formula is C6H3IN4O2. The van der Waals surface area contributed by atoms with Gasteiger partial charge in [0.1, 0.15) is 0 Å². The summed E-state index contributed by atoms with van der Waals surface area (Å²) in [6.45, 7) is 0. The Morgan fingerprint density at radius 2 is 2.31 bits per heavy atom. The minimum Gasteiger partial charge on any atom is -0.258 e. The maximum absolute atomic E-state index is 10.3. The van der Waals surface area contributed by atoms with Crippen LogP contribution in [0.15, 0.2) is 23.3 Å². The molecule has 7 heteroatoms. The van der Waals surface area contributed by atoms with E-state index >= 15 is 0 Å². The smallest absolute Gasteiger partial charge is 0.258 e. The molecule has 0 spiro atoms. The first-order valence-electron chi connectivity index (χ1n) is 3.14. The minimum atomic E-state index is -0.535. The number of benzene rings is 1. The van der Waals surface area contributed by atoms with Crippen LogP contribution in [0.3, 0.4) is 0 Å². The molecule has 1 rings (SSSR count). The quantitative estimate of drug-likeness (QED) is 0.209. The van der Waals surface area contributed by atoms with Gasteiger partial charge in [0.15, 0.2) is 0 Å². The van der Waals surface area contributed by atoms with E-state index in [2.05, 4.69) is 10.0 Å². The topological polar surface area (TPSA) is 91.9 Å². The molecule has 0 heterocycles. The summed E-state index contributed by atoms with van der Waals surface area (Å²) >= 11 is 1.94. The highest BCUT2D eigenvalue weighted by Gasteiger charge is 2.07. The SMILES string of the molecule is [N-]=[N+]=Nc1cc([N+](=O)[O-])ccc1I. The molecule has 0 aromatic heterocycles. The van der Waals surface area contributed by atoms with E-state index in [4.69, 9.17) is 5.53 Å². The van der Waals surface area contributed by atoms with Crippen molar-refractivity contribution in [3.63, 3.8) is 0 Å². The molecule has 0 aliphatic carbocycles. The molecule has 1 aromatic carbocycles. The summed E-state index contributed by atoms with van der Waals surface area (Å²) in [5, 5.41) is 13.7. The third kappa shape index (κ3) is 2.30. The predicted molar refractivity (Wildman–Crippen MR) is 54.6 cm³/mol. The van der Waals surface area contributed by atoms with E-state index in [9.17, 15) is 10.1 Å². The number of hydrogen-bond acceptors (Lipinski definition) is 3. The Hall–Kier alpha value is -1.34. The number of hydrogen-bond donors (Lipinski definition) is 0. The summed E-state index contributed by atoms with van der Waals surface area (Å²) in [5.74, 6) is 0. The summed E-state index contributed by atoms with van der Waals surface area (Å²) in [5.41, 5.74) is 8.35. The van der Waals surface area contributed by atoms with Crippen LogP contribution in [0.4, 0.5) is 11.4 Å². The first-order chi connectivity index (χ1) is 6.15. The molecule has 0 atom stereocenters. The summed E-state index contributed by atoms with van der Waals surface area (Å²) in [6, 6.07) is 4.13. The highest BCUT2D eigenvalue weighted by atomic mass is 127. The molecule has 0 aliphatic rings. The molecule has 0 saturated heterocycles. The molecule has 0 radical (unpaired) electrons. The molecule has 1 aromatic rings. The molecule has 0 aliphatic heterocycles. The van der Waals surface area contributed by atoms with E-state index < -0.39 is 4.92 Å². The van der Waals surface area contributed by atoms with E-state index in [1.165, 1.54) is 18.2 Å². The zero-order valence-electron chi connectivity index (χ0n) is 6.22. The minimum absolute atomic E-state index is 0.0807. The Morgan fingerprint density at radius 1 is 1.62 bits per heavy atom. The molecular weight excluding hydrogens is 287 g/mol. The van der Waals surface area contributed by atoms with Crippen molar-refractivity contribution in [3.8, 4) is 0 Å². The van der Waals surface area contributed by atoms with Gasteiger partial charge in [0, 0.05) is 20.6 Å². The number of nitrogens with zero attached hydrogens (tertiary/aromatic N) is 4. The normalized spacial score (nSPS) is 9.00. The summed E-state index contributed by atoms with van der Waals surface area (Å²) in [6.07, 6.45) is 0. The highest BCUT2D eigenvalue weighted by Crippen LogP contribution is 2.26. The number of non-ortho nitro benzene ring substituents is 1. The first-order valence-corrected chi connectivity index (χ1v) is 4.22. The van der Waals surface area contributed by atoms with Gasteiger partial charge in [0.2, 0.25) is 0 Å². The largest absolute Gasteiger partial charge is 0.269 e. The van der Waals surface area contributed by atoms with Crippen molar-refractivity contribution >= 4 is 34.0 Å². The summed E-state index contributed by atoms with van der Waals surface area (Å²) < 4.78 is 0.681. The average molecular weight is 290 g/mol. The van der Waals surface area contributed by atoms with E-state index in [1.807, 2.05) is 22.6 Å². The van der Waals surface area contributed by atoms with Crippen LogP contribution in [0.2, 0.25) is 0 Å². The van der Waals surface area contributed by atoms with Crippen LogP contribution in [0.1, 0.15) is 0 Å². The van der Waals surface area contributed by atoms with E-state index in [-0.39, 0.29) is 11.4 Å². The number of nitro groups is 1. The summed E-state index contributed by atoms with van der Waals surface area (Å²) in [4.78, 5) is 12.4. The molecule has 66 valence electrons. The van der Waals surface area contributed by atoms with Crippen LogP contribution in [0, 0.1) is 13.7 Å². The first kappa shape index (κ1) is 9.75. The Labute approximate surface area is 86.5 Å². The van der Waals surface area contributed by atoms with Crippen molar-refractivity contribution in [1.82, 2.24) is 0 Å². The molecule has 0 saturated carbocycles. The Bertz CT molecular complexity index is 400. The van der Waals surface area contributed by atoms with E-state index in [0.717, 1.165) is 0 Å². The molecule has 0 bridgehead atoms. The number of rotatable bonds is 2. The Morgan fingerprint density at radius 3 is 2.85 bits per heavy atom. The van der Waals surface area contributed by atoms with Gasteiger partial charge in [-0.3, -0.25) is 10.1 Å². The van der Waals surface area contributed by atoms with Gasteiger partial charge in [-0.05, 0) is 34.2 Å². The molecule has 0 unspecified atom stereocenters. The molecule has 0 fully saturated rings. The van der Waals surface area contributed by atoms with Crippen LogP contribution in [-0.4, -0.2) is 4.92 Å². The van der Waals surface area contributed by atoms with Crippen LogP contribution < -0.4 is 0 Å². The Kier molecular flexibility index (Phi) is 3.04. The van der Waals surface area contributed by atoms with Crippen LogP contribution in [-0.2, 0) is 0 Å². The van der Waals surface area contributed by atoms with Crippen molar-refractivity contribution in [3.05, 3.63) is 42.3 Å². The second kappa shape index (κ2) is 4.06. The third-order valence-corrected chi connectivity index (χ3v) is 2.21. The standard InChI is InChI=1S/C6H3IN4O2/c7-5-2-1-4(11(12)13)3-6(5)9-10-8/h1-3H. The van der Waals surface area contributed by atoms with Crippen molar-refractivity contribution < 1.29 is 4.92 Å². The second-order valence-corrected chi connectivity index (χ2v) is 3.24. The van der Waals surface area contributed by atoms with Gasteiger partial charge in [0.05, 0.1) is 10.6 Å². The van der Waals surface area contributed by atoms with Crippen molar-refractivity contribution in [1.29, 1.82) is 0 Å². The van der Waals surface area contributed by atoms with Crippen molar-refractivity contribution in [2.45, 2.75) is 0 Å². The maximum atomic E-state index is 10.3. The van der Waals surface area contributed by atoms with Gasteiger partial charge in [-0.25, -0.2) is 0 Å². The predicted octanol–water partition coefficient (Wildman–Crippen LogP) is 3.14. The zero-order valence-corrected chi connectivity index (χ0v) is 8.37. The van der Waals surface area contributed by atoms with Crippen LogP contribution >= 0.6 is 22.6 Å². The monoisotopic (exact) mass is 290 g/mol. The van der Waals surface area contributed by atoms with Gasteiger partial charge in [0.25, 0.3) is 5.69 Å². The molecule has 6 nitrogen and oxygen atoms in total. The van der Waals surface area contributed by atoms with Crippen molar-refractivity contribution in [2.24, 2.45) is 5.11 Å². The van der Waals surface area contributed by atoms with Gasteiger partial charge in [-0.15, -0.1) is 0 Å². The van der Waals surface area contributed by atoms with Gasteiger partial charge in [-0.2, -0.15) is 0 Å². The fourth-order valence-corrected chi connectivity index (χ4v) is 1.18. The average Bonchev–Trinajstić information content (AvgIpc) is 2.08. The maximum Gasteiger partial charge on any atom is 0.269 e. The lowest BCUT2D eigenvalue weighted by molar-refractivity contribution is -0.384. The van der Waals surface area contributed by atoms with E-state index in [1.54, 1.807) is 0 Å². The third-order valence-electron chi connectivity index (χ3n) is 1.29. The fourth-order valence-electron chi connectivity index (χ4n) is 0.739. The second-order valence-electron chi connectivity index (χ2n) is 2.08. The van der Waals surface area contributed by atoms with Gasteiger partial charge >= 0.3 is 0 Å². The number of halogens is 1. The highest BCUT2D eigenvalue weighted by molar-refractivity contribution is 14.1. The van der Waals surface area contributed by atoms with Crippen LogP contribution in [0.5, 0.6) is 0 Å². The number of azide groups is 1. The zero-order chi connectivity index (χ0) is 9.84.